The summed E-state index contributed by atoms with van der Waals surface area (Å²) in [6.07, 6.45) is 6.38. The Morgan fingerprint density at radius 1 is 1.02 bits per heavy atom. The number of benzene rings is 1. The van der Waals surface area contributed by atoms with Crippen LogP contribution in [-0.2, 0) is 4.74 Å². The minimum atomic E-state index is -0.559. The van der Waals surface area contributed by atoms with Gasteiger partial charge in [-0.25, -0.2) is 14.8 Å². The molecule has 12 heteroatoms. The highest BCUT2D eigenvalue weighted by Crippen LogP contribution is 2.39. The van der Waals surface area contributed by atoms with Crippen LogP contribution in [-0.4, -0.2) is 56.7 Å². The van der Waals surface area contributed by atoms with Crippen molar-refractivity contribution in [2.75, 3.05) is 23.3 Å². The third-order valence-corrected chi connectivity index (χ3v) is 8.30. The summed E-state index contributed by atoms with van der Waals surface area (Å²) in [5.41, 5.74) is 3.41. The quantitative estimate of drug-likeness (QED) is 0.174. The number of Topliss-reactive ketones (excluding diaryl/α,β-unsaturated/α-hetero) is 1. The van der Waals surface area contributed by atoms with E-state index in [-0.39, 0.29) is 33.5 Å². The molecule has 45 heavy (non-hydrogen) atoms. The topological polar surface area (TPSA) is 130 Å². The molecule has 4 heterocycles. The molecular formula is C33H34Cl2N6O4. The van der Waals surface area contributed by atoms with Gasteiger partial charge >= 0.3 is 6.09 Å². The maximum Gasteiger partial charge on any atom is 0.407 e. The molecule has 2 fully saturated rings. The summed E-state index contributed by atoms with van der Waals surface area (Å²) < 4.78 is 5.43. The lowest BCUT2D eigenvalue weighted by Gasteiger charge is -2.34. The van der Waals surface area contributed by atoms with E-state index in [2.05, 4.69) is 20.5 Å². The van der Waals surface area contributed by atoms with Crippen molar-refractivity contribution in [1.82, 2.24) is 20.3 Å². The first-order valence-corrected chi connectivity index (χ1v) is 15.7. The fourth-order valence-electron chi connectivity index (χ4n) is 5.39. The van der Waals surface area contributed by atoms with Gasteiger partial charge in [0, 0.05) is 36.8 Å². The minimum Gasteiger partial charge on any atom is -0.505 e. The maximum atomic E-state index is 13.4. The van der Waals surface area contributed by atoms with Crippen LogP contribution in [0.1, 0.15) is 56.8 Å². The fraction of sp³-hybridized carbons (Fsp3) is 0.364. The average molecular weight is 650 g/mol. The van der Waals surface area contributed by atoms with Gasteiger partial charge in [-0.3, -0.25) is 9.78 Å². The Labute approximate surface area is 271 Å². The Morgan fingerprint density at radius 2 is 1.78 bits per heavy atom. The van der Waals surface area contributed by atoms with Crippen molar-refractivity contribution in [3.8, 4) is 17.0 Å². The smallest absolute Gasteiger partial charge is 0.407 e. The number of anilines is 3. The zero-order valence-electron chi connectivity index (χ0n) is 25.2. The highest BCUT2D eigenvalue weighted by Gasteiger charge is 2.33. The van der Waals surface area contributed by atoms with E-state index in [0.29, 0.717) is 45.8 Å². The second kappa shape index (κ2) is 12.3. The number of pyridine rings is 3. The molecule has 234 valence electrons. The number of nitrogens with one attached hydrogen (secondary N) is 2. The van der Waals surface area contributed by atoms with Crippen molar-refractivity contribution in [3.05, 3.63) is 64.4 Å². The number of aromatic nitrogens is 3. The van der Waals surface area contributed by atoms with Gasteiger partial charge in [0.15, 0.2) is 11.5 Å². The predicted octanol–water partition coefficient (Wildman–Crippen LogP) is 7.53. The Kier molecular flexibility index (Phi) is 8.45. The number of rotatable bonds is 7. The monoisotopic (exact) mass is 648 g/mol. The molecule has 0 spiro atoms. The number of ketones is 1. The van der Waals surface area contributed by atoms with E-state index in [9.17, 15) is 14.7 Å². The molecule has 2 aliphatic rings. The number of halogens is 2. The van der Waals surface area contributed by atoms with Crippen molar-refractivity contribution >= 4 is 63.3 Å². The molecule has 1 amide bonds. The minimum absolute atomic E-state index is 0.0236. The number of nitrogens with zero attached hydrogens (tertiary/aromatic N) is 4. The zero-order valence-corrected chi connectivity index (χ0v) is 26.7. The third kappa shape index (κ3) is 7.07. The third-order valence-electron chi connectivity index (χ3n) is 7.72. The number of amides is 1. The van der Waals surface area contributed by atoms with Gasteiger partial charge in [-0.1, -0.05) is 23.2 Å². The Hall–Kier alpha value is -4.15. The normalized spacial score (nSPS) is 16.8. The molecule has 3 aromatic heterocycles. The summed E-state index contributed by atoms with van der Waals surface area (Å²) in [4.78, 5) is 41.9. The number of fused-ring (bicyclic) bond motifs is 1. The van der Waals surface area contributed by atoms with Crippen molar-refractivity contribution in [2.45, 2.75) is 58.1 Å². The Morgan fingerprint density at radius 3 is 2.44 bits per heavy atom. The van der Waals surface area contributed by atoms with Gasteiger partial charge in [0.05, 0.1) is 44.4 Å². The molecule has 4 aromatic rings. The van der Waals surface area contributed by atoms with Crippen molar-refractivity contribution in [3.63, 3.8) is 0 Å². The number of hydrogen-bond donors (Lipinski definition) is 3. The summed E-state index contributed by atoms with van der Waals surface area (Å²) in [5, 5.41) is 16.6. The molecule has 0 radical (unpaired) electrons. The number of ether oxygens (including phenoxy) is 1. The standard InChI is InChI=1S/C33H34Cl2N6O4/c1-33(2,3)45-32(44)39-21-5-4-12-41(17-21)27-11-8-20(15-37-27)38-28-22(30(42)18-6-7-18)16-36-26-10-9-25(40-29(26)28)19-13-23(34)31(43)24(35)14-19/h8-11,13-16,18,21,43H,4-7,12,17H2,1-3H3,(H,36,38)(H,39,44)/t21-/m0/s1. The molecule has 0 bridgehead atoms. The van der Waals surface area contributed by atoms with Crippen LogP contribution in [0.25, 0.3) is 22.3 Å². The summed E-state index contributed by atoms with van der Waals surface area (Å²) in [5.74, 6) is 0.590. The average Bonchev–Trinajstić information content (AvgIpc) is 3.85. The first-order chi connectivity index (χ1) is 21.4. The van der Waals surface area contributed by atoms with Gasteiger partial charge in [-0.2, -0.15) is 0 Å². The first-order valence-electron chi connectivity index (χ1n) is 14.9. The second-order valence-corrected chi connectivity index (χ2v) is 13.3. The Balaban J connectivity index is 1.27. The highest BCUT2D eigenvalue weighted by molar-refractivity contribution is 6.37. The van der Waals surface area contributed by atoms with E-state index in [4.69, 9.17) is 37.9 Å². The lowest BCUT2D eigenvalue weighted by atomic mass is 10.0. The number of piperidine rings is 1. The lowest BCUT2D eigenvalue weighted by Crippen LogP contribution is -2.49. The molecule has 1 aliphatic carbocycles. The number of carbonyl (C=O) groups is 2. The summed E-state index contributed by atoms with van der Waals surface area (Å²) in [6, 6.07) is 10.6. The number of phenolic OH excluding ortho intramolecular Hbond substituents is 1. The van der Waals surface area contributed by atoms with Gasteiger partial charge in [-0.05, 0) is 82.9 Å². The molecule has 0 unspecified atom stereocenters. The molecule has 1 aliphatic heterocycles. The van der Waals surface area contributed by atoms with Crippen LogP contribution >= 0.6 is 23.2 Å². The number of carbonyl (C=O) groups excluding carboxylic acids is 2. The van der Waals surface area contributed by atoms with Gasteiger partial charge in [0.1, 0.15) is 16.9 Å². The van der Waals surface area contributed by atoms with Crippen LogP contribution in [0.15, 0.2) is 48.8 Å². The molecular weight excluding hydrogens is 615 g/mol. The molecule has 1 saturated carbocycles. The first kappa shape index (κ1) is 30.9. The number of aromatic hydroxyl groups is 1. The molecule has 1 saturated heterocycles. The van der Waals surface area contributed by atoms with E-state index in [0.717, 1.165) is 38.0 Å². The van der Waals surface area contributed by atoms with Crippen LogP contribution in [0.5, 0.6) is 5.75 Å². The van der Waals surface area contributed by atoms with E-state index in [1.807, 2.05) is 39.0 Å². The fourth-order valence-corrected chi connectivity index (χ4v) is 5.87. The molecule has 10 nitrogen and oxygen atoms in total. The van der Waals surface area contributed by atoms with E-state index in [1.54, 1.807) is 30.6 Å². The summed E-state index contributed by atoms with van der Waals surface area (Å²) in [6.45, 7) is 6.96. The van der Waals surface area contributed by atoms with E-state index in [1.165, 1.54) is 0 Å². The zero-order chi connectivity index (χ0) is 31.9. The van der Waals surface area contributed by atoms with Gasteiger partial charge in [0.2, 0.25) is 0 Å². The van der Waals surface area contributed by atoms with Crippen molar-refractivity contribution in [2.24, 2.45) is 5.92 Å². The van der Waals surface area contributed by atoms with Crippen LogP contribution in [0.3, 0.4) is 0 Å². The van der Waals surface area contributed by atoms with Crippen LogP contribution in [0, 0.1) is 5.92 Å². The SMILES string of the molecule is CC(C)(C)OC(=O)N[C@H]1CCCN(c2ccc(Nc3c(C(=O)C4CC4)cnc4ccc(-c5cc(Cl)c(O)c(Cl)c5)nc34)cn2)C1. The predicted molar refractivity (Wildman–Crippen MR) is 176 cm³/mol. The highest BCUT2D eigenvalue weighted by atomic mass is 35.5. The van der Waals surface area contributed by atoms with Crippen LogP contribution in [0.4, 0.5) is 22.0 Å². The van der Waals surface area contributed by atoms with E-state index >= 15 is 0 Å². The summed E-state index contributed by atoms with van der Waals surface area (Å²) in [7, 11) is 0. The molecule has 3 N–H and O–H groups in total. The van der Waals surface area contributed by atoms with Gasteiger partial charge < -0.3 is 25.4 Å². The van der Waals surface area contributed by atoms with Crippen LogP contribution < -0.4 is 15.5 Å². The number of phenols is 1. The van der Waals surface area contributed by atoms with Gasteiger partial charge in [0.25, 0.3) is 0 Å². The molecule has 6 rings (SSSR count). The Bertz CT molecular complexity index is 1750. The lowest BCUT2D eigenvalue weighted by molar-refractivity contribution is 0.0499. The maximum absolute atomic E-state index is 13.4. The van der Waals surface area contributed by atoms with Crippen molar-refractivity contribution in [1.29, 1.82) is 0 Å². The van der Waals surface area contributed by atoms with Crippen molar-refractivity contribution < 1.29 is 19.4 Å². The van der Waals surface area contributed by atoms with Gasteiger partial charge in [-0.15, -0.1) is 0 Å². The number of hydrogen-bond acceptors (Lipinski definition) is 9. The second-order valence-electron chi connectivity index (χ2n) is 12.5. The number of alkyl carbamates (subject to hydrolysis) is 1. The van der Waals surface area contributed by atoms with Crippen LogP contribution in [0.2, 0.25) is 10.0 Å². The van der Waals surface area contributed by atoms with E-state index < -0.39 is 11.7 Å². The summed E-state index contributed by atoms with van der Waals surface area (Å²) >= 11 is 12.4. The largest absolute Gasteiger partial charge is 0.505 e. The molecule has 1 atom stereocenters. The molecule has 1 aromatic carbocycles.